The second-order valence-electron chi connectivity index (χ2n) is 4.53. The van der Waals surface area contributed by atoms with Gasteiger partial charge in [-0.25, -0.2) is 0 Å². The average molecular weight is 423 g/mol. The summed E-state index contributed by atoms with van der Waals surface area (Å²) in [6, 6.07) is 13.0. The van der Waals surface area contributed by atoms with Crippen molar-refractivity contribution in [2.24, 2.45) is 0 Å². The van der Waals surface area contributed by atoms with Crippen molar-refractivity contribution in [2.45, 2.75) is 26.2 Å². The normalized spacial score (nSPS) is 11.1. The van der Waals surface area contributed by atoms with E-state index in [2.05, 4.69) is 0 Å². The fraction of sp³-hybridized carbons (Fsp3) is 0.333. The molecular formula is C15H18NdO3S. The number of hydrogen-bond acceptors (Lipinski definition) is 3. The Kier molecular flexibility index (Phi) is 7.40. The van der Waals surface area contributed by atoms with Gasteiger partial charge in [-0.05, 0) is 17.9 Å². The van der Waals surface area contributed by atoms with Crippen LogP contribution in [0.5, 0.6) is 5.75 Å². The molecule has 0 bridgehead atoms. The largest absolute Gasteiger partial charge is 0.382 e. The van der Waals surface area contributed by atoms with E-state index in [9.17, 15) is 8.42 Å². The maximum absolute atomic E-state index is 11.9. The molecule has 0 aliphatic rings. The van der Waals surface area contributed by atoms with E-state index in [1.807, 2.05) is 37.3 Å². The van der Waals surface area contributed by atoms with Crippen LogP contribution in [-0.4, -0.2) is 14.2 Å². The van der Waals surface area contributed by atoms with Crippen LogP contribution in [0.25, 0.3) is 10.8 Å². The van der Waals surface area contributed by atoms with Crippen LogP contribution in [0, 0.1) is 40.8 Å². The molecule has 20 heavy (non-hydrogen) atoms. The van der Waals surface area contributed by atoms with Crippen LogP contribution in [0.4, 0.5) is 0 Å². The third-order valence-electron chi connectivity index (χ3n) is 2.96. The Hall–Kier alpha value is -0.199. The molecule has 0 amide bonds. The predicted molar refractivity (Wildman–Crippen MR) is 77.9 cm³/mol. The second-order valence-corrected chi connectivity index (χ2v) is 6.22. The summed E-state index contributed by atoms with van der Waals surface area (Å²) in [5, 5.41) is 1.80. The van der Waals surface area contributed by atoms with Gasteiger partial charge in [0.15, 0.2) is 0 Å². The monoisotopic (exact) mass is 420 g/mol. The summed E-state index contributed by atoms with van der Waals surface area (Å²) >= 11 is 0. The van der Waals surface area contributed by atoms with Gasteiger partial charge < -0.3 is 4.18 Å². The topological polar surface area (TPSA) is 43.4 Å². The number of fused-ring (bicyclic) bond motifs is 1. The molecule has 0 atom stereocenters. The zero-order chi connectivity index (χ0) is 13.7. The molecule has 0 unspecified atom stereocenters. The quantitative estimate of drug-likeness (QED) is 0.526. The van der Waals surface area contributed by atoms with Gasteiger partial charge >= 0.3 is 10.1 Å². The van der Waals surface area contributed by atoms with E-state index in [0.717, 1.165) is 23.6 Å². The first-order chi connectivity index (χ1) is 9.12. The van der Waals surface area contributed by atoms with Crippen molar-refractivity contribution in [2.75, 3.05) is 5.75 Å². The number of benzene rings is 2. The Morgan fingerprint density at radius 1 is 1.00 bits per heavy atom. The maximum Gasteiger partial charge on any atom is 0.309 e. The van der Waals surface area contributed by atoms with Crippen molar-refractivity contribution in [3.05, 3.63) is 42.5 Å². The third kappa shape index (κ3) is 4.97. The first-order valence-electron chi connectivity index (χ1n) is 6.52. The van der Waals surface area contributed by atoms with Gasteiger partial charge in [0.25, 0.3) is 0 Å². The molecule has 0 aliphatic carbocycles. The Balaban J connectivity index is 0.00000200. The van der Waals surface area contributed by atoms with E-state index in [1.165, 1.54) is 0 Å². The van der Waals surface area contributed by atoms with Gasteiger partial charge in [0, 0.05) is 46.2 Å². The van der Waals surface area contributed by atoms with Gasteiger partial charge in [-0.3, -0.25) is 0 Å². The third-order valence-corrected chi connectivity index (χ3v) is 4.19. The van der Waals surface area contributed by atoms with Crippen LogP contribution in [0.3, 0.4) is 0 Å². The summed E-state index contributed by atoms with van der Waals surface area (Å²) in [6.45, 7) is 2.04. The average Bonchev–Trinajstić information content (AvgIpc) is 2.39. The van der Waals surface area contributed by atoms with E-state index in [0.29, 0.717) is 12.2 Å². The molecule has 0 aliphatic heterocycles. The first-order valence-corrected chi connectivity index (χ1v) is 8.10. The van der Waals surface area contributed by atoms with E-state index in [1.54, 1.807) is 12.1 Å². The molecule has 3 nitrogen and oxygen atoms in total. The summed E-state index contributed by atoms with van der Waals surface area (Å²) < 4.78 is 29.0. The molecule has 0 N–H and O–H groups in total. The van der Waals surface area contributed by atoms with Crippen LogP contribution >= 0.6 is 0 Å². The zero-order valence-corrected chi connectivity index (χ0v) is 15.5. The van der Waals surface area contributed by atoms with Crippen molar-refractivity contribution in [1.82, 2.24) is 0 Å². The maximum atomic E-state index is 11.9. The Labute approximate surface area is 153 Å². The standard InChI is InChI=1S/C15H18O3S.Nd/c1-2-3-6-12-19(16,17)18-15-11-7-9-13-8-4-5-10-14(13)15;/h4-5,7-11H,2-3,6,12H2,1H3;. The molecule has 0 aromatic heterocycles. The van der Waals surface area contributed by atoms with Crippen molar-refractivity contribution in [3.8, 4) is 5.75 Å². The molecule has 0 spiro atoms. The van der Waals surface area contributed by atoms with E-state index >= 15 is 0 Å². The van der Waals surface area contributed by atoms with E-state index in [4.69, 9.17) is 4.18 Å². The predicted octanol–water partition coefficient (Wildman–Crippen LogP) is 3.74. The minimum Gasteiger partial charge on any atom is -0.382 e. The summed E-state index contributed by atoms with van der Waals surface area (Å²) in [6.07, 6.45) is 2.53. The molecule has 0 radical (unpaired) electrons. The van der Waals surface area contributed by atoms with Crippen LogP contribution in [0.1, 0.15) is 26.2 Å². The molecule has 0 saturated heterocycles. The van der Waals surface area contributed by atoms with Crippen molar-refractivity contribution in [1.29, 1.82) is 0 Å². The Bertz CT molecular complexity index is 648. The van der Waals surface area contributed by atoms with Gasteiger partial charge in [0.05, 0.1) is 5.75 Å². The van der Waals surface area contributed by atoms with Crippen molar-refractivity contribution < 1.29 is 53.4 Å². The zero-order valence-electron chi connectivity index (χ0n) is 11.5. The van der Waals surface area contributed by atoms with Crippen molar-refractivity contribution >= 4 is 20.9 Å². The molecule has 0 heterocycles. The van der Waals surface area contributed by atoms with E-state index < -0.39 is 10.1 Å². The number of unbranched alkanes of at least 4 members (excludes halogenated alkanes) is 2. The minimum absolute atomic E-state index is 0. The molecule has 5 heteroatoms. The Morgan fingerprint density at radius 2 is 1.70 bits per heavy atom. The van der Waals surface area contributed by atoms with Gasteiger partial charge in [-0.15, -0.1) is 0 Å². The smallest absolute Gasteiger partial charge is 0.309 e. The SMILES string of the molecule is CCCCCS(=O)(=O)Oc1cccc2ccccc12.[Nd]. The van der Waals surface area contributed by atoms with Crippen LogP contribution in [0.2, 0.25) is 0 Å². The van der Waals surface area contributed by atoms with Crippen LogP contribution in [-0.2, 0) is 10.1 Å². The molecule has 2 aromatic rings. The fourth-order valence-electron chi connectivity index (χ4n) is 1.98. The molecular weight excluding hydrogens is 404 g/mol. The van der Waals surface area contributed by atoms with Gasteiger partial charge in [0.1, 0.15) is 5.75 Å². The fourth-order valence-corrected chi connectivity index (χ4v) is 3.04. The molecule has 2 aromatic carbocycles. The summed E-state index contributed by atoms with van der Waals surface area (Å²) in [7, 11) is -3.50. The van der Waals surface area contributed by atoms with Crippen LogP contribution < -0.4 is 4.18 Å². The molecule has 2 rings (SSSR count). The first kappa shape index (κ1) is 17.9. The molecule has 0 saturated carbocycles. The van der Waals surface area contributed by atoms with Crippen molar-refractivity contribution in [3.63, 3.8) is 0 Å². The summed E-state index contributed by atoms with van der Waals surface area (Å²) in [5.74, 6) is 0.485. The number of hydrogen-bond donors (Lipinski definition) is 0. The minimum atomic E-state index is -3.50. The van der Waals surface area contributed by atoms with Gasteiger partial charge in [-0.2, -0.15) is 8.42 Å². The molecule has 106 valence electrons. The van der Waals surface area contributed by atoms with Gasteiger partial charge in [-0.1, -0.05) is 56.2 Å². The van der Waals surface area contributed by atoms with Gasteiger partial charge in [0.2, 0.25) is 0 Å². The summed E-state index contributed by atoms with van der Waals surface area (Å²) in [4.78, 5) is 0. The van der Waals surface area contributed by atoms with E-state index in [-0.39, 0.29) is 46.6 Å². The summed E-state index contributed by atoms with van der Waals surface area (Å²) in [5.41, 5.74) is 0. The Morgan fingerprint density at radius 3 is 2.45 bits per heavy atom. The number of rotatable bonds is 6. The van der Waals surface area contributed by atoms with Crippen LogP contribution in [0.15, 0.2) is 42.5 Å². The molecule has 0 fully saturated rings. The second kappa shape index (κ2) is 8.29.